The van der Waals surface area contributed by atoms with E-state index in [1.54, 1.807) is 4.90 Å². The van der Waals surface area contributed by atoms with Crippen molar-refractivity contribution in [2.45, 2.75) is 57.2 Å². The molecule has 0 aromatic heterocycles. The molecule has 1 aliphatic carbocycles. The van der Waals surface area contributed by atoms with Crippen molar-refractivity contribution in [1.82, 2.24) is 4.90 Å². The zero-order chi connectivity index (χ0) is 15.0. The van der Waals surface area contributed by atoms with Crippen LogP contribution >= 0.6 is 0 Å². The van der Waals surface area contributed by atoms with Crippen molar-refractivity contribution in [3.05, 3.63) is 0 Å². The SMILES string of the molecule is CCCC1(O)CN(C(=O)C2CCC(C(F)(F)F)CC2)C1. The van der Waals surface area contributed by atoms with E-state index in [-0.39, 0.29) is 24.7 Å². The van der Waals surface area contributed by atoms with Crippen LogP contribution < -0.4 is 0 Å². The number of hydrogen-bond acceptors (Lipinski definition) is 2. The molecule has 2 rings (SSSR count). The van der Waals surface area contributed by atoms with Gasteiger partial charge in [0.15, 0.2) is 0 Å². The summed E-state index contributed by atoms with van der Waals surface area (Å²) in [6.07, 6.45) is -1.89. The first-order chi connectivity index (χ1) is 9.25. The molecule has 0 aromatic carbocycles. The van der Waals surface area contributed by atoms with Gasteiger partial charge in [-0.1, -0.05) is 13.3 Å². The van der Waals surface area contributed by atoms with Gasteiger partial charge in [-0.15, -0.1) is 0 Å². The number of aliphatic hydroxyl groups is 1. The molecule has 0 bridgehead atoms. The number of carbonyl (C=O) groups excluding carboxylic acids is 1. The predicted octanol–water partition coefficient (Wildman–Crippen LogP) is 2.73. The standard InChI is InChI=1S/C14H22F3NO2/c1-2-7-13(20)8-18(9-13)12(19)10-3-5-11(6-4-10)14(15,16)17/h10-11,20H,2-9H2,1H3. The van der Waals surface area contributed by atoms with E-state index in [1.165, 1.54) is 0 Å². The maximum atomic E-state index is 12.6. The van der Waals surface area contributed by atoms with Crippen molar-refractivity contribution in [3.8, 4) is 0 Å². The minimum Gasteiger partial charge on any atom is -0.386 e. The second-order valence-corrected chi connectivity index (χ2v) is 6.26. The molecule has 2 fully saturated rings. The molecular formula is C14H22F3NO2. The Kier molecular flexibility index (Phi) is 4.33. The average molecular weight is 293 g/mol. The number of nitrogens with zero attached hydrogens (tertiary/aromatic N) is 1. The summed E-state index contributed by atoms with van der Waals surface area (Å²) in [5.74, 6) is -1.62. The molecule has 0 aromatic rings. The number of hydrogen-bond donors (Lipinski definition) is 1. The molecule has 0 radical (unpaired) electrons. The van der Waals surface area contributed by atoms with Gasteiger partial charge in [0.05, 0.1) is 24.6 Å². The van der Waals surface area contributed by atoms with Gasteiger partial charge < -0.3 is 10.0 Å². The maximum Gasteiger partial charge on any atom is 0.391 e. The molecule has 2 aliphatic rings. The van der Waals surface area contributed by atoms with Crippen LogP contribution in [-0.4, -0.2) is 40.8 Å². The Hall–Kier alpha value is -0.780. The Morgan fingerprint density at radius 3 is 2.25 bits per heavy atom. The van der Waals surface area contributed by atoms with E-state index in [4.69, 9.17) is 0 Å². The van der Waals surface area contributed by atoms with E-state index >= 15 is 0 Å². The second kappa shape index (κ2) is 5.54. The van der Waals surface area contributed by atoms with E-state index in [0.717, 1.165) is 6.42 Å². The summed E-state index contributed by atoms with van der Waals surface area (Å²) in [5, 5.41) is 10.0. The van der Waals surface area contributed by atoms with Gasteiger partial charge in [-0.3, -0.25) is 4.79 Å². The van der Waals surface area contributed by atoms with Gasteiger partial charge in [0.1, 0.15) is 0 Å². The van der Waals surface area contributed by atoms with Crippen molar-refractivity contribution in [2.24, 2.45) is 11.8 Å². The van der Waals surface area contributed by atoms with Gasteiger partial charge in [0, 0.05) is 5.92 Å². The fourth-order valence-corrected chi connectivity index (χ4v) is 3.37. The topological polar surface area (TPSA) is 40.5 Å². The van der Waals surface area contributed by atoms with E-state index < -0.39 is 17.7 Å². The fourth-order valence-electron chi connectivity index (χ4n) is 3.37. The van der Waals surface area contributed by atoms with Crippen molar-refractivity contribution < 1.29 is 23.1 Å². The Morgan fingerprint density at radius 2 is 1.80 bits per heavy atom. The summed E-state index contributed by atoms with van der Waals surface area (Å²) in [7, 11) is 0. The molecule has 0 atom stereocenters. The van der Waals surface area contributed by atoms with Crippen molar-refractivity contribution in [1.29, 1.82) is 0 Å². The number of amides is 1. The molecule has 20 heavy (non-hydrogen) atoms. The van der Waals surface area contributed by atoms with E-state index in [2.05, 4.69) is 0 Å². The van der Waals surface area contributed by atoms with Crippen LogP contribution in [0.5, 0.6) is 0 Å². The van der Waals surface area contributed by atoms with Crippen LogP contribution in [0, 0.1) is 11.8 Å². The molecule has 1 saturated carbocycles. The van der Waals surface area contributed by atoms with Crippen LogP contribution in [0.4, 0.5) is 13.2 Å². The number of halogens is 3. The van der Waals surface area contributed by atoms with Gasteiger partial charge >= 0.3 is 6.18 Å². The highest BCUT2D eigenvalue weighted by Gasteiger charge is 2.47. The third kappa shape index (κ3) is 3.27. The summed E-state index contributed by atoms with van der Waals surface area (Å²) in [6, 6.07) is 0. The maximum absolute atomic E-state index is 12.6. The van der Waals surface area contributed by atoms with Crippen LogP contribution in [0.3, 0.4) is 0 Å². The fraction of sp³-hybridized carbons (Fsp3) is 0.929. The summed E-state index contributed by atoms with van der Waals surface area (Å²) in [5.41, 5.74) is -0.770. The Bertz CT molecular complexity index is 356. The normalized spacial score (nSPS) is 29.9. The molecule has 0 spiro atoms. The lowest BCUT2D eigenvalue weighted by atomic mass is 9.79. The van der Waals surface area contributed by atoms with E-state index in [9.17, 15) is 23.1 Å². The largest absolute Gasteiger partial charge is 0.391 e. The quantitative estimate of drug-likeness (QED) is 0.869. The minimum absolute atomic E-state index is 0.0486. The number of rotatable bonds is 3. The third-order valence-corrected chi connectivity index (χ3v) is 4.54. The predicted molar refractivity (Wildman–Crippen MR) is 67.9 cm³/mol. The molecule has 0 unspecified atom stereocenters. The molecule has 1 saturated heterocycles. The van der Waals surface area contributed by atoms with Gasteiger partial charge in [-0.05, 0) is 32.1 Å². The van der Waals surface area contributed by atoms with Crippen molar-refractivity contribution >= 4 is 5.91 Å². The average Bonchev–Trinajstić information content (AvgIpc) is 2.34. The van der Waals surface area contributed by atoms with E-state index in [0.29, 0.717) is 32.4 Å². The summed E-state index contributed by atoms with van der Waals surface area (Å²) < 4.78 is 37.7. The monoisotopic (exact) mass is 293 g/mol. The molecule has 6 heteroatoms. The van der Waals surface area contributed by atoms with Gasteiger partial charge in [0.25, 0.3) is 0 Å². The highest BCUT2D eigenvalue weighted by atomic mass is 19.4. The lowest BCUT2D eigenvalue weighted by Gasteiger charge is -2.48. The van der Waals surface area contributed by atoms with Gasteiger partial charge in [-0.2, -0.15) is 13.2 Å². The second-order valence-electron chi connectivity index (χ2n) is 6.26. The smallest absolute Gasteiger partial charge is 0.386 e. The Balaban J connectivity index is 1.79. The molecule has 1 N–H and O–H groups in total. The van der Waals surface area contributed by atoms with Crippen molar-refractivity contribution in [2.75, 3.05) is 13.1 Å². The number of alkyl halides is 3. The number of carbonyl (C=O) groups is 1. The van der Waals surface area contributed by atoms with E-state index in [1.807, 2.05) is 6.92 Å². The summed E-state index contributed by atoms with van der Waals surface area (Å²) in [6.45, 7) is 2.64. The van der Waals surface area contributed by atoms with Crippen LogP contribution in [0.25, 0.3) is 0 Å². The number of likely N-dealkylation sites (tertiary alicyclic amines) is 1. The highest BCUT2D eigenvalue weighted by Crippen LogP contribution is 2.40. The summed E-state index contributed by atoms with van der Waals surface area (Å²) >= 11 is 0. The third-order valence-electron chi connectivity index (χ3n) is 4.54. The zero-order valence-electron chi connectivity index (χ0n) is 11.7. The molecule has 1 aliphatic heterocycles. The first-order valence-corrected chi connectivity index (χ1v) is 7.33. The Labute approximate surface area is 117 Å². The number of β-amino-alcohol motifs (C(OH)–C–C–N with tert-alkyl or cyclic N) is 1. The molecular weight excluding hydrogens is 271 g/mol. The van der Waals surface area contributed by atoms with Crippen LogP contribution in [0.2, 0.25) is 0 Å². The van der Waals surface area contributed by atoms with Crippen LogP contribution in [0.15, 0.2) is 0 Å². The van der Waals surface area contributed by atoms with Crippen LogP contribution in [-0.2, 0) is 4.79 Å². The van der Waals surface area contributed by atoms with Gasteiger partial charge in [-0.25, -0.2) is 0 Å². The summed E-state index contributed by atoms with van der Waals surface area (Å²) in [4.78, 5) is 13.8. The van der Waals surface area contributed by atoms with Crippen molar-refractivity contribution in [3.63, 3.8) is 0 Å². The lowest BCUT2D eigenvalue weighted by Crippen LogP contribution is -2.64. The minimum atomic E-state index is -4.13. The molecule has 116 valence electrons. The Morgan fingerprint density at radius 1 is 1.25 bits per heavy atom. The highest BCUT2D eigenvalue weighted by molar-refractivity contribution is 5.80. The van der Waals surface area contributed by atoms with Gasteiger partial charge in [0.2, 0.25) is 5.91 Å². The first-order valence-electron chi connectivity index (χ1n) is 7.33. The van der Waals surface area contributed by atoms with Crippen LogP contribution in [0.1, 0.15) is 45.4 Å². The molecule has 1 amide bonds. The lowest BCUT2D eigenvalue weighted by molar-refractivity contribution is -0.187. The molecule has 3 nitrogen and oxygen atoms in total. The molecule has 1 heterocycles. The zero-order valence-corrected chi connectivity index (χ0v) is 11.7. The first kappa shape index (κ1) is 15.6.